The molecule has 0 radical (unpaired) electrons. The lowest BCUT2D eigenvalue weighted by Gasteiger charge is -2.48. The van der Waals surface area contributed by atoms with E-state index in [0.29, 0.717) is 44.8 Å². The molecule has 1 amide bonds. The molecule has 37 heavy (non-hydrogen) atoms. The van der Waals surface area contributed by atoms with Crippen molar-refractivity contribution in [3.05, 3.63) is 77.0 Å². The van der Waals surface area contributed by atoms with E-state index in [9.17, 15) is 18.0 Å². The Labute approximate surface area is 214 Å². The van der Waals surface area contributed by atoms with Crippen LogP contribution in [0, 0.1) is 0 Å². The number of allylic oxidation sites excluding steroid dienone is 2. The van der Waals surface area contributed by atoms with Crippen LogP contribution >= 0.6 is 0 Å². The minimum atomic E-state index is -4.34. The number of nitrogens with zero attached hydrogens (tertiary/aromatic N) is 3. The number of benzene rings is 2. The van der Waals surface area contributed by atoms with E-state index in [1.807, 2.05) is 42.8 Å². The van der Waals surface area contributed by atoms with Crippen LogP contribution in [-0.4, -0.2) is 51.9 Å². The summed E-state index contributed by atoms with van der Waals surface area (Å²) in [6, 6.07) is 13.2. The van der Waals surface area contributed by atoms with Crippen LogP contribution in [0.1, 0.15) is 48.3 Å². The quantitative estimate of drug-likeness (QED) is 0.463. The molecule has 2 aliphatic rings. The average molecular weight is 513 g/mol. The Kier molecular flexibility index (Phi) is 7.09. The fourth-order valence-corrected chi connectivity index (χ4v) is 5.33. The van der Waals surface area contributed by atoms with Gasteiger partial charge < -0.3 is 10.1 Å². The van der Waals surface area contributed by atoms with Crippen molar-refractivity contribution in [3.63, 3.8) is 0 Å². The molecule has 1 aromatic heterocycles. The Morgan fingerprint density at radius 2 is 1.76 bits per heavy atom. The number of halogens is 3. The molecule has 5 rings (SSSR count). The second-order valence-electron chi connectivity index (χ2n) is 10.2. The van der Waals surface area contributed by atoms with Crippen LogP contribution in [0.15, 0.2) is 60.2 Å². The van der Waals surface area contributed by atoms with Crippen LogP contribution in [0.4, 0.5) is 13.2 Å². The zero-order valence-electron chi connectivity index (χ0n) is 21.0. The predicted molar refractivity (Wildman–Crippen MR) is 135 cm³/mol. The molecular weight excluding hydrogens is 481 g/mol. The predicted octanol–water partition coefficient (Wildman–Crippen LogP) is 5.18. The van der Waals surface area contributed by atoms with E-state index >= 15 is 0 Å². The molecule has 2 saturated heterocycles. The molecule has 2 unspecified atom stereocenters. The molecular formula is C28H31F3N4O2. The maximum atomic E-state index is 13.3. The van der Waals surface area contributed by atoms with Gasteiger partial charge in [0.05, 0.1) is 30.8 Å². The summed E-state index contributed by atoms with van der Waals surface area (Å²) >= 11 is 0. The lowest BCUT2D eigenvalue weighted by molar-refractivity contribution is -0.137. The number of amides is 1. The van der Waals surface area contributed by atoms with E-state index in [1.165, 1.54) is 5.57 Å². The summed E-state index contributed by atoms with van der Waals surface area (Å²) in [5.74, 6) is -0.188. The van der Waals surface area contributed by atoms with Crippen molar-refractivity contribution in [2.24, 2.45) is 0 Å². The number of para-hydroxylation sites is 1. The number of ether oxygens (including phenoxy) is 1. The van der Waals surface area contributed by atoms with Gasteiger partial charge in [0.1, 0.15) is 0 Å². The van der Waals surface area contributed by atoms with Crippen molar-refractivity contribution in [1.82, 2.24) is 20.0 Å². The number of rotatable bonds is 6. The summed E-state index contributed by atoms with van der Waals surface area (Å²) in [4.78, 5) is 15.6. The largest absolute Gasteiger partial charge is 0.416 e. The van der Waals surface area contributed by atoms with Gasteiger partial charge >= 0.3 is 6.18 Å². The maximum absolute atomic E-state index is 13.3. The van der Waals surface area contributed by atoms with Gasteiger partial charge in [-0.05, 0) is 50.5 Å². The van der Waals surface area contributed by atoms with E-state index in [1.54, 1.807) is 12.1 Å². The molecule has 3 heterocycles. The second-order valence-corrected chi connectivity index (χ2v) is 10.2. The zero-order valence-corrected chi connectivity index (χ0v) is 21.0. The van der Waals surface area contributed by atoms with Crippen LogP contribution in [0.25, 0.3) is 10.9 Å². The van der Waals surface area contributed by atoms with Crippen molar-refractivity contribution in [3.8, 4) is 0 Å². The molecule has 0 saturated carbocycles. The number of hydrogen-bond donors (Lipinski definition) is 1. The first-order chi connectivity index (χ1) is 17.7. The summed E-state index contributed by atoms with van der Waals surface area (Å²) in [6.07, 6.45) is -0.848. The third-order valence-electron chi connectivity index (χ3n) is 7.20. The van der Waals surface area contributed by atoms with Gasteiger partial charge in [-0.15, -0.1) is 0 Å². The average Bonchev–Trinajstić information content (AvgIpc) is 3.22. The summed E-state index contributed by atoms with van der Waals surface area (Å²) in [5.41, 5.74) is 2.72. The number of carbonyl (C=O) groups is 1. The molecule has 1 N–H and O–H groups in total. The maximum Gasteiger partial charge on any atom is 0.416 e. The van der Waals surface area contributed by atoms with Gasteiger partial charge in [-0.2, -0.15) is 18.3 Å². The normalized spacial score (nSPS) is 22.1. The third-order valence-corrected chi connectivity index (χ3v) is 7.20. The second kappa shape index (κ2) is 10.3. The Bertz CT molecular complexity index is 1280. The molecule has 2 aliphatic heterocycles. The molecule has 3 aromatic rings. The van der Waals surface area contributed by atoms with Crippen molar-refractivity contribution in [1.29, 1.82) is 0 Å². The number of alkyl halides is 3. The summed E-state index contributed by atoms with van der Waals surface area (Å²) in [7, 11) is 0. The van der Waals surface area contributed by atoms with Gasteiger partial charge in [-0.25, -0.2) is 0 Å². The van der Waals surface area contributed by atoms with E-state index in [2.05, 4.69) is 21.4 Å². The first kappa shape index (κ1) is 25.5. The molecule has 0 aliphatic carbocycles. The number of nitrogens with one attached hydrogen (secondary N) is 1. The number of fused-ring (bicyclic) bond motifs is 3. The van der Waals surface area contributed by atoms with Gasteiger partial charge in [0, 0.05) is 30.1 Å². The van der Waals surface area contributed by atoms with Crippen LogP contribution in [0.2, 0.25) is 0 Å². The highest BCUT2D eigenvalue weighted by Crippen LogP contribution is 2.32. The molecule has 196 valence electrons. The van der Waals surface area contributed by atoms with Crippen LogP contribution in [-0.2, 0) is 24.0 Å². The number of carbonyl (C=O) groups excluding carboxylic acids is 1. The fourth-order valence-electron chi connectivity index (χ4n) is 5.33. The molecule has 2 atom stereocenters. The van der Waals surface area contributed by atoms with Crippen molar-refractivity contribution in [2.75, 3.05) is 13.2 Å². The van der Waals surface area contributed by atoms with Crippen molar-refractivity contribution >= 4 is 16.8 Å². The molecule has 2 fully saturated rings. The Hall–Kier alpha value is -3.17. The first-order valence-corrected chi connectivity index (χ1v) is 12.6. The summed E-state index contributed by atoms with van der Waals surface area (Å²) < 4.78 is 46.4. The molecule has 6 nitrogen and oxygen atoms in total. The lowest BCUT2D eigenvalue weighted by atomic mass is 9.89. The highest BCUT2D eigenvalue weighted by Gasteiger charge is 2.40. The van der Waals surface area contributed by atoms with Crippen LogP contribution in [0.5, 0.6) is 0 Å². The van der Waals surface area contributed by atoms with Gasteiger partial charge in [0.25, 0.3) is 5.91 Å². The summed E-state index contributed by atoms with van der Waals surface area (Å²) in [5, 5.41) is 8.67. The number of piperidine rings is 1. The number of aromatic nitrogens is 2. The SMILES string of the molecule is CC(C)=CCn1nc(C(=O)NC2CC3COCC(C2)N3Cc2ccc(C(F)(F)F)cc2)c2ccccc21. The minimum Gasteiger partial charge on any atom is -0.378 e. The van der Waals surface area contributed by atoms with Gasteiger partial charge in [-0.1, -0.05) is 42.0 Å². The number of morpholine rings is 1. The Morgan fingerprint density at radius 3 is 2.41 bits per heavy atom. The molecule has 0 spiro atoms. The molecule has 9 heteroatoms. The van der Waals surface area contributed by atoms with E-state index in [4.69, 9.17) is 4.74 Å². The Morgan fingerprint density at radius 1 is 1.08 bits per heavy atom. The van der Waals surface area contributed by atoms with Crippen LogP contribution in [0.3, 0.4) is 0 Å². The van der Waals surface area contributed by atoms with Gasteiger partial charge in [0.2, 0.25) is 0 Å². The first-order valence-electron chi connectivity index (χ1n) is 12.6. The highest BCUT2D eigenvalue weighted by atomic mass is 19.4. The topological polar surface area (TPSA) is 59.4 Å². The Balaban J connectivity index is 1.28. The smallest absolute Gasteiger partial charge is 0.378 e. The lowest BCUT2D eigenvalue weighted by Crippen LogP contribution is -2.60. The zero-order chi connectivity index (χ0) is 26.2. The fraction of sp³-hybridized carbons (Fsp3) is 0.429. The van der Waals surface area contributed by atoms with E-state index in [0.717, 1.165) is 28.6 Å². The van der Waals surface area contributed by atoms with Crippen molar-refractivity contribution < 1.29 is 22.7 Å². The third kappa shape index (κ3) is 5.57. The minimum absolute atomic E-state index is 0.0306. The van der Waals surface area contributed by atoms with Crippen LogP contribution < -0.4 is 5.32 Å². The summed E-state index contributed by atoms with van der Waals surface area (Å²) in [6.45, 7) is 6.28. The molecule has 2 aromatic carbocycles. The monoisotopic (exact) mass is 512 g/mol. The standard InChI is InChI=1S/C28H31F3N4O2/c1-18(2)11-12-35-25-6-4-3-5-24(25)26(33-35)27(36)32-21-13-22-16-37-17-23(14-21)34(22)15-19-7-9-20(10-8-19)28(29,30)31/h3-11,21-23H,12-17H2,1-2H3,(H,32,36). The van der Waals surface area contributed by atoms with Gasteiger partial charge in [0.15, 0.2) is 5.69 Å². The van der Waals surface area contributed by atoms with Crippen molar-refractivity contribution in [2.45, 2.75) is 64.1 Å². The highest BCUT2D eigenvalue weighted by molar-refractivity contribution is 6.05. The van der Waals surface area contributed by atoms with Gasteiger partial charge in [-0.3, -0.25) is 14.4 Å². The molecule has 2 bridgehead atoms. The van der Waals surface area contributed by atoms with E-state index in [-0.39, 0.29) is 24.0 Å². The number of hydrogen-bond acceptors (Lipinski definition) is 4. The van der Waals surface area contributed by atoms with E-state index < -0.39 is 11.7 Å².